The molecule has 0 aromatic carbocycles. The second-order valence-electron chi connectivity index (χ2n) is 3.72. The highest BCUT2D eigenvalue weighted by molar-refractivity contribution is 5.69. The average molecular weight is 191 g/mol. The van der Waals surface area contributed by atoms with E-state index in [1.807, 2.05) is 31.2 Å². The molecule has 0 saturated carbocycles. The molecule has 1 heterocycles. The summed E-state index contributed by atoms with van der Waals surface area (Å²) >= 11 is 0. The van der Waals surface area contributed by atoms with Gasteiger partial charge in [0.2, 0.25) is 0 Å². The van der Waals surface area contributed by atoms with E-state index in [0.29, 0.717) is 6.54 Å². The Labute approximate surface area is 83.1 Å². The van der Waals surface area contributed by atoms with Crippen LogP contribution in [0.3, 0.4) is 0 Å². The number of allylic oxidation sites excluding steroid dienone is 3. The average Bonchev–Trinajstić information content (AvgIpc) is 2.23. The van der Waals surface area contributed by atoms with Gasteiger partial charge in [-0.2, -0.15) is 0 Å². The molecule has 1 amide bonds. The van der Waals surface area contributed by atoms with Gasteiger partial charge in [0, 0.05) is 6.54 Å². The first-order chi connectivity index (χ1) is 6.68. The monoisotopic (exact) mass is 191 g/mol. The SMILES string of the molecule is CC12C=C/C=C\CC(=C1)CNC(=O)O2. The lowest BCUT2D eigenvalue weighted by atomic mass is 9.98. The molecule has 2 rings (SSSR count). The molecule has 74 valence electrons. The van der Waals surface area contributed by atoms with Crippen molar-refractivity contribution in [2.45, 2.75) is 18.9 Å². The molecule has 1 N–H and O–H groups in total. The van der Waals surface area contributed by atoms with Crippen molar-refractivity contribution in [2.75, 3.05) is 6.54 Å². The lowest BCUT2D eigenvalue weighted by Crippen LogP contribution is -2.31. The van der Waals surface area contributed by atoms with Gasteiger partial charge in [-0.25, -0.2) is 4.79 Å². The van der Waals surface area contributed by atoms with Gasteiger partial charge >= 0.3 is 6.09 Å². The Balaban J connectivity index is 2.36. The van der Waals surface area contributed by atoms with Crippen LogP contribution >= 0.6 is 0 Å². The van der Waals surface area contributed by atoms with Crippen LogP contribution in [-0.4, -0.2) is 18.2 Å². The molecule has 2 bridgehead atoms. The fraction of sp³-hybridized carbons (Fsp3) is 0.364. The van der Waals surface area contributed by atoms with Crippen molar-refractivity contribution in [3.8, 4) is 0 Å². The van der Waals surface area contributed by atoms with Crippen molar-refractivity contribution in [3.63, 3.8) is 0 Å². The Kier molecular flexibility index (Phi) is 2.15. The predicted molar refractivity (Wildman–Crippen MR) is 53.9 cm³/mol. The van der Waals surface area contributed by atoms with Crippen molar-refractivity contribution in [2.24, 2.45) is 0 Å². The molecule has 14 heavy (non-hydrogen) atoms. The molecule has 0 aromatic heterocycles. The molecule has 3 heteroatoms. The zero-order valence-electron chi connectivity index (χ0n) is 8.12. The molecule has 1 aliphatic carbocycles. The summed E-state index contributed by atoms with van der Waals surface area (Å²) in [6.45, 7) is 2.46. The minimum atomic E-state index is -0.597. The third-order valence-electron chi connectivity index (χ3n) is 2.32. The van der Waals surface area contributed by atoms with E-state index in [1.54, 1.807) is 0 Å². The number of nitrogens with one attached hydrogen (secondary N) is 1. The van der Waals surface area contributed by atoms with E-state index in [9.17, 15) is 4.79 Å². The zero-order chi connectivity index (χ0) is 10.0. The van der Waals surface area contributed by atoms with Crippen LogP contribution in [0.1, 0.15) is 13.3 Å². The summed E-state index contributed by atoms with van der Waals surface area (Å²) in [4.78, 5) is 11.2. The lowest BCUT2D eigenvalue weighted by Gasteiger charge is -2.21. The zero-order valence-corrected chi connectivity index (χ0v) is 8.12. The van der Waals surface area contributed by atoms with Gasteiger partial charge in [0.25, 0.3) is 0 Å². The Hall–Kier alpha value is -1.51. The lowest BCUT2D eigenvalue weighted by molar-refractivity contribution is 0.0930. The summed E-state index contributed by atoms with van der Waals surface area (Å²) in [7, 11) is 0. The summed E-state index contributed by atoms with van der Waals surface area (Å²) in [6, 6.07) is 0. The molecule has 0 radical (unpaired) electrons. The Bertz CT molecular complexity index is 341. The number of hydrogen-bond acceptors (Lipinski definition) is 2. The van der Waals surface area contributed by atoms with E-state index >= 15 is 0 Å². The molecule has 1 aliphatic heterocycles. The Morgan fingerprint density at radius 2 is 2.36 bits per heavy atom. The second-order valence-corrected chi connectivity index (χ2v) is 3.72. The number of rotatable bonds is 0. The van der Waals surface area contributed by atoms with Crippen molar-refractivity contribution in [1.82, 2.24) is 5.32 Å². The first-order valence-corrected chi connectivity index (χ1v) is 4.70. The van der Waals surface area contributed by atoms with Crippen molar-refractivity contribution < 1.29 is 9.53 Å². The van der Waals surface area contributed by atoms with Crippen LogP contribution in [0.5, 0.6) is 0 Å². The van der Waals surface area contributed by atoms with Crippen molar-refractivity contribution in [1.29, 1.82) is 0 Å². The van der Waals surface area contributed by atoms with E-state index in [-0.39, 0.29) is 6.09 Å². The predicted octanol–water partition coefficient (Wildman–Crippen LogP) is 1.93. The first kappa shape index (κ1) is 9.06. The summed E-state index contributed by atoms with van der Waals surface area (Å²) in [5.41, 5.74) is 0.583. The van der Waals surface area contributed by atoms with Crippen LogP contribution in [-0.2, 0) is 4.74 Å². The van der Waals surface area contributed by atoms with Gasteiger partial charge in [-0.3, -0.25) is 0 Å². The van der Waals surface area contributed by atoms with Crippen LogP contribution in [0.2, 0.25) is 0 Å². The molecule has 0 fully saturated rings. The fourth-order valence-electron chi connectivity index (χ4n) is 1.67. The number of carbonyl (C=O) groups excluding carboxylic acids is 1. The number of alkyl carbamates (subject to hydrolysis) is 1. The molecule has 0 aromatic rings. The Morgan fingerprint density at radius 3 is 3.21 bits per heavy atom. The minimum Gasteiger partial charge on any atom is -0.435 e. The molecular formula is C11H13NO2. The molecule has 1 atom stereocenters. The van der Waals surface area contributed by atoms with Gasteiger partial charge in [0.1, 0.15) is 5.60 Å². The van der Waals surface area contributed by atoms with E-state index in [0.717, 1.165) is 6.42 Å². The highest BCUT2D eigenvalue weighted by Crippen LogP contribution is 2.22. The number of amides is 1. The van der Waals surface area contributed by atoms with Gasteiger partial charge < -0.3 is 10.1 Å². The van der Waals surface area contributed by atoms with E-state index in [4.69, 9.17) is 4.74 Å². The minimum absolute atomic E-state index is 0.356. The smallest absolute Gasteiger partial charge is 0.408 e. The molecular weight excluding hydrogens is 178 g/mol. The molecule has 2 aliphatic rings. The maximum Gasteiger partial charge on any atom is 0.408 e. The Morgan fingerprint density at radius 1 is 1.50 bits per heavy atom. The van der Waals surface area contributed by atoms with Gasteiger partial charge in [0.15, 0.2) is 0 Å². The summed E-state index contributed by atoms with van der Waals surface area (Å²) in [5.74, 6) is 0. The van der Waals surface area contributed by atoms with E-state index in [2.05, 4.69) is 11.4 Å². The topological polar surface area (TPSA) is 38.3 Å². The quantitative estimate of drug-likeness (QED) is 0.594. The standard InChI is InChI=1S/C11H13NO2/c1-11-6-4-2-3-5-9(7-11)8-12-10(13)14-11/h2-4,6-7H,5,8H2,1H3,(H,12,13)/b3-2-,6-4?. The number of carbonyl (C=O) groups is 1. The highest BCUT2D eigenvalue weighted by atomic mass is 16.6. The highest BCUT2D eigenvalue weighted by Gasteiger charge is 2.26. The van der Waals surface area contributed by atoms with Gasteiger partial charge in [-0.05, 0) is 31.1 Å². The number of ether oxygens (including phenoxy) is 1. The van der Waals surface area contributed by atoms with Crippen molar-refractivity contribution in [3.05, 3.63) is 36.0 Å². The van der Waals surface area contributed by atoms with Crippen LogP contribution in [0.25, 0.3) is 0 Å². The number of hydrogen-bond donors (Lipinski definition) is 1. The normalized spacial score (nSPS) is 32.9. The van der Waals surface area contributed by atoms with Crippen LogP contribution in [0, 0.1) is 0 Å². The summed E-state index contributed by atoms with van der Waals surface area (Å²) < 4.78 is 5.26. The van der Waals surface area contributed by atoms with Gasteiger partial charge in [-0.15, -0.1) is 0 Å². The van der Waals surface area contributed by atoms with Gasteiger partial charge in [-0.1, -0.05) is 18.2 Å². The van der Waals surface area contributed by atoms with Gasteiger partial charge in [0.05, 0.1) is 0 Å². The van der Waals surface area contributed by atoms with Crippen LogP contribution in [0.15, 0.2) is 36.0 Å². The number of fused-ring (bicyclic) bond motifs is 1. The molecule has 0 spiro atoms. The van der Waals surface area contributed by atoms with Crippen molar-refractivity contribution >= 4 is 6.09 Å². The van der Waals surface area contributed by atoms with Crippen LogP contribution in [0.4, 0.5) is 4.79 Å². The summed E-state index contributed by atoms with van der Waals surface area (Å²) in [6.07, 6.45) is 10.3. The molecule has 3 nitrogen and oxygen atoms in total. The van der Waals surface area contributed by atoms with E-state index in [1.165, 1.54) is 5.57 Å². The van der Waals surface area contributed by atoms with E-state index < -0.39 is 5.60 Å². The maximum absolute atomic E-state index is 11.2. The largest absolute Gasteiger partial charge is 0.435 e. The van der Waals surface area contributed by atoms with Crippen LogP contribution < -0.4 is 5.32 Å². The maximum atomic E-state index is 11.2. The first-order valence-electron chi connectivity index (χ1n) is 4.70. The summed E-state index contributed by atoms with van der Waals surface area (Å²) in [5, 5.41) is 2.70. The third-order valence-corrected chi connectivity index (χ3v) is 2.32. The third kappa shape index (κ3) is 1.87. The second kappa shape index (κ2) is 3.33. The fourth-order valence-corrected chi connectivity index (χ4v) is 1.67. The molecule has 0 saturated heterocycles. The molecule has 1 unspecified atom stereocenters.